The van der Waals surface area contributed by atoms with Gasteiger partial charge in [0.2, 0.25) is 0 Å². The van der Waals surface area contributed by atoms with Gasteiger partial charge < -0.3 is 14.8 Å². The standard InChI is InChI=1S/C17H25N3O3/c21-16(14-12-18-20-7-2-1-3-15(14)20)19-13-4-8-23-17(11-13)5-9-22-10-6-17/h12-13H,1-11H2,(H,19,21). The summed E-state index contributed by atoms with van der Waals surface area (Å²) in [6.07, 6.45) is 8.64. The molecule has 1 amide bonds. The van der Waals surface area contributed by atoms with E-state index in [-0.39, 0.29) is 17.6 Å². The van der Waals surface area contributed by atoms with Crippen LogP contribution >= 0.6 is 0 Å². The van der Waals surface area contributed by atoms with Gasteiger partial charge in [-0.2, -0.15) is 5.10 Å². The molecule has 1 aromatic rings. The van der Waals surface area contributed by atoms with Crippen molar-refractivity contribution in [2.24, 2.45) is 0 Å². The summed E-state index contributed by atoms with van der Waals surface area (Å²) in [5.41, 5.74) is 1.77. The van der Waals surface area contributed by atoms with Gasteiger partial charge >= 0.3 is 0 Å². The van der Waals surface area contributed by atoms with Crippen LogP contribution < -0.4 is 5.32 Å². The fraction of sp³-hybridized carbons (Fsp3) is 0.765. The van der Waals surface area contributed by atoms with Crippen molar-refractivity contribution in [3.63, 3.8) is 0 Å². The molecule has 4 heterocycles. The number of rotatable bonds is 2. The van der Waals surface area contributed by atoms with Gasteiger partial charge in [0.15, 0.2) is 0 Å². The SMILES string of the molecule is O=C(NC1CCOC2(CCOCC2)C1)c1cnn2c1CCCC2. The molecule has 2 saturated heterocycles. The molecule has 0 radical (unpaired) electrons. The van der Waals surface area contributed by atoms with Crippen LogP contribution in [-0.4, -0.2) is 47.2 Å². The molecule has 23 heavy (non-hydrogen) atoms. The molecule has 2 fully saturated rings. The first-order chi connectivity index (χ1) is 11.3. The number of carbonyl (C=O) groups excluding carboxylic acids is 1. The second-order valence-corrected chi connectivity index (χ2v) is 6.99. The van der Waals surface area contributed by atoms with Crippen LogP contribution in [0.15, 0.2) is 6.20 Å². The number of aromatic nitrogens is 2. The summed E-state index contributed by atoms with van der Waals surface area (Å²) in [4.78, 5) is 12.7. The van der Waals surface area contributed by atoms with Crippen LogP contribution in [-0.2, 0) is 22.4 Å². The molecule has 1 aromatic heterocycles. The van der Waals surface area contributed by atoms with Crippen molar-refractivity contribution in [1.29, 1.82) is 0 Å². The normalized spacial score (nSPS) is 26.7. The van der Waals surface area contributed by atoms with E-state index in [1.807, 2.05) is 4.68 Å². The first-order valence-corrected chi connectivity index (χ1v) is 8.83. The molecule has 6 nitrogen and oxygen atoms in total. The Morgan fingerprint density at radius 3 is 3.04 bits per heavy atom. The predicted octanol–water partition coefficient (Wildman–Crippen LogP) is 1.68. The molecule has 0 bridgehead atoms. The smallest absolute Gasteiger partial charge is 0.254 e. The molecule has 6 heteroatoms. The summed E-state index contributed by atoms with van der Waals surface area (Å²) in [6, 6.07) is 0.188. The Morgan fingerprint density at radius 1 is 1.30 bits per heavy atom. The van der Waals surface area contributed by atoms with Crippen molar-refractivity contribution in [3.8, 4) is 0 Å². The molecule has 3 aliphatic rings. The highest BCUT2D eigenvalue weighted by atomic mass is 16.5. The van der Waals surface area contributed by atoms with E-state index in [2.05, 4.69) is 10.4 Å². The van der Waals surface area contributed by atoms with Crippen LogP contribution in [0.25, 0.3) is 0 Å². The highest BCUT2D eigenvalue weighted by Crippen LogP contribution is 2.34. The summed E-state index contributed by atoms with van der Waals surface area (Å²) < 4.78 is 13.5. The molecule has 0 saturated carbocycles. The number of nitrogens with one attached hydrogen (secondary N) is 1. The first-order valence-electron chi connectivity index (χ1n) is 8.83. The van der Waals surface area contributed by atoms with Crippen LogP contribution in [0, 0.1) is 0 Å². The van der Waals surface area contributed by atoms with Crippen molar-refractivity contribution in [1.82, 2.24) is 15.1 Å². The molecule has 0 aromatic carbocycles. The van der Waals surface area contributed by atoms with Gasteiger partial charge in [0.05, 0.1) is 23.1 Å². The molecule has 4 rings (SSSR count). The highest BCUT2D eigenvalue weighted by molar-refractivity contribution is 5.95. The van der Waals surface area contributed by atoms with E-state index in [1.165, 1.54) is 0 Å². The highest BCUT2D eigenvalue weighted by Gasteiger charge is 2.39. The molecule has 1 atom stereocenters. The lowest BCUT2D eigenvalue weighted by atomic mass is 9.84. The number of fused-ring (bicyclic) bond motifs is 1. The van der Waals surface area contributed by atoms with Crippen LogP contribution in [0.1, 0.15) is 54.6 Å². The first kappa shape index (κ1) is 15.1. The van der Waals surface area contributed by atoms with Gasteiger partial charge in [0, 0.05) is 32.4 Å². The Labute approximate surface area is 136 Å². The Kier molecular flexibility index (Phi) is 4.11. The van der Waals surface area contributed by atoms with Crippen molar-refractivity contribution in [2.45, 2.75) is 63.1 Å². The van der Waals surface area contributed by atoms with E-state index >= 15 is 0 Å². The summed E-state index contributed by atoms with van der Waals surface area (Å²) in [6.45, 7) is 3.18. The van der Waals surface area contributed by atoms with Crippen molar-refractivity contribution in [3.05, 3.63) is 17.5 Å². The van der Waals surface area contributed by atoms with Gasteiger partial charge in [-0.05, 0) is 44.9 Å². The molecular formula is C17H25N3O3. The average Bonchev–Trinajstić information content (AvgIpc) is 3.00. The number of hydrogen-bond acceptors (Lipinski definition) is 4. The van der Waals surface area contributed by atoms with E-state index < -0.39 is 0 Å². The lowest BCUT2D eigenvalue weighted by Crippen LogP contribution is -2.51. The maximum Gasteiger partial charge on any atom is 0.254 e. The Bertz CT molecular complexity index is 572. The van der Waals surface area contributed by atoms with Gasteiger partial charge in [0.1, 0.15) is 0 Å². The van der Waals surface area contributed by atoms with Gasteiger partial charge in [0.25, 0.3) is 5.91 Å². The third-order valence-corrected chi connectivity index (χ3v) is 5.46. The van der Waals surface area contributed by atoms with Crippen molar-refractivity contribution in [2.75, 3.05) is 19.8 Å². The number of carbonyl (C=O) groups is 1. The Balaban J connectivity index is 1.43. The number of aryl methyl sites for hydroxylation is 1. The summed E-state index contributed by atoms with van der Waals surface area (Å²) in [5.74, 6) is 0.0299. The molecule has 1 N–H and O–H groups in total. The molecular weight excluding hydrogens is 294 g/mol. The molecule has 0 aliphatic carbocycles. The average molecular weight is 319 g/mol. The van der Waals surface area contributed by atoms with E-state index in [0.717, 1.165) is 82.6 Å². The second-order valence-electron chi connectivity index (χ2n) is 6.99. The monoisotopic (exact) mass is 319 g/mol. The number of amides is 1. The lowest BCUT2D eigenvalue weighted by molar-refractivity contribution is -0.139. The Hall–Kier alpha value is -1.40. The van der Waals surface area contributed by atoms with E-state index in [4.69, 9.17) is 9.47 Å². The molecule has 126 valence electrons. The van der Waals surface area contributed by atoms with Crippen molar-refractivity contribution >= 4 is 5.91 Å². The topological polar surface area (TPSA) is 65.4 Å². The third-order valence-electron chi connectivity index (χ3n) is 5.46. The minimum Gasteiger partial charge on any atom is -0.381 e. The third kappa shape index (κ3) is 3.02. The van der Waals surface area contributed by atoms with Crippen LogP contribution in [0.5, 0.6) is 0 Å². The summed E-state index contributed by atoms with van der Waals surface area (Å²) in [5, 5.41) is 7.60. The lowest BCUT2D eigenvalue weighted by Gasteiger charge is -2.43. The summed E-state index contributed by atoms with van der Waals surface area (Å²) in [7, 11) is 0. The van der Waals surface area contributed by atoms with E-state index in [0.29, 0.717) is 0 Å². The maximum absolute atomic E-state index is 12.7. The minimum atomic E-state index is -0.0904. The van der Waals surface area contributed by atoms with Gasteiger partial charge in [-0.1, -0.05) is 0 Å². The zero-order valence-electron chi connectivity index (χ0n) is 13.6. The maximum atomic E-state index is 12.7. The van der Waals surface area contributed by atoms with Crippen LogP contribution in [0.3, 0.4) is 0 Å². The van der Waals surface area contributed by atoms with Crippen LogP contribution in [0.4, 0.5) is 0 Å². The molecule has 1 spiro atoms. The van der Waals surface area contributed by atoms with Gasteiger partial charge in [-0.15, -0.1) is 0 Å². The van der Waals surface area contributed by atoms with Gasteiger partial charge in [-0.25, -0.2) is 0 Å². The molecule has 1 unspecified atom stereocenters. The number of hydrogen-bond donors (Lipinski definition) is 1. The fourth-order valence-electron chi connectivity index (χ4n) is 4.12. The zero-order chi connectivity index (χ0) is 15.7. The molecule has 3 aliphatic heterocycles. The van der Waals surface area contributed by atoms with Crippen molar-refractivity contribution < 1.29 is 14.3 Å². The largest absolute Gasteiger partial charge is 0.381 e. The fourth-order valence-corrected chi connectivity index (χ4v) is 4.12. The summed E-state index contributed by atoms with van der Waals surface area (Å²) >= 11 is 0. The van der Waals surface area contributed by atoms with Crippen LogP contribution in [0.2, 0.25) is 0 Å². The van der Waals surface area contributed by atoms with E-state index in [9.17, 15) is 4.79 Å². The number of nitrogens with zero attached hydrogens (tertiary/aromatic N) is 2. The van der Waals surface area contributed by atoms with Gasteiger partial charge in [-0.3, -0.25) is 9.48 Å². The van der Waals surface area contributed by atoms with E-state index in [1.54, 1.807) is 6.20 Å². The second kappa shape index (κ2) is 6.24. The predicted molar refractivity (Wildman–Crippen MR) is 84.4 cm³/mol. The Morgan fingerprint density at radius 2 is 2.17 bits per heavy atom. The minimum absolute atomic E-state index is 0.0299. The number of ether oxygens (including phenoxy) is 2. The quantitative estimate of drug-likeness (QED) is 0.901. The zero-order valence-corrected chi connectivity index (χ0v) is 13.6.